The van der Waals surface area contributed by atoms with Crippen LogP contribution in [0, 0.1) is 10.1 Å². The summed E-state index contributed by atoms with van der Waals surface area (Å²) < 4.78 is 4.31. The Kier molecular flexibility index (Phi) is 5.27. The number of amides is 1. The zero-order valence-electron chi connectivity index (χ0n) is 9.60. The molecule has 0 fully saturated rings. The average Bonchev–Trinajstić information content (AvgIpc) is 2.38. The van der Waals surface area contributed by atoms with Crippen molar-refractivity contribution in [2.45, 2.75) is 0 Å². The van der Waals surface area contributed by atoms with Crippen LogP contribution in [0.15, 0.2) is 18.2 Å². The van der Waals surface area contributed by atoms with Crippen molar-refractivity contribution >= 4 is 46.4 Å². The fraction of sp³-hybridized carbons (Fsp3) is 0.111. The van der Waals surface area contributed by atoms with Gasteiger partial charge in [0.05, 0.1) is 22.7 Å². The summed E-state index contributed by atoms with van der Waals surface area (Å²) in [5.41, 5.74) is 4.54. The molecule has 0 heterocycles. The number of halogens is 1. The highest BCUT2D eigenvalue weighted by Crippen LogP contribution is 2.26. The molecule has 1 amide bonds. The molecule has 1 aromatic carbocycles. The molecule has 1 rings (SSSR count). The summed E-state index contributed by atoms with van der Waals surface area (Å²) in [6, 6.07) is 3.84. The van der Waals surface area contributed by atoms with Gasteiger partial charge in [0.1, 0.15) is 0 Å². The SMILES string of the molecule is COC(=O)NNC(=S)Nc1cc([N+](=O)[O-])ccc1Cl. The number of nitro benzene ring substituents is 1. The van der Waals surface area contributed by atoms with E-state index >= 15 is 0 Å². The molecule has 8 nitrogen and oxygen atoms in total. The Balaban J connectivity index is 2.70. The quantitative estimate of drug-likeness (QED) is 0.434. The zero-order valence-corrected chi connectivity index (χ0v) is 11.2. The smallest absolute Gasteiger partial charge is 0.425 e. The first-order valence-corrected chi connectivity index (χ1v) is 5.57. The second-order valence-electron chi connectivity index (χ2n) is 3.12. The third-order valence-corrected chi connectivity index (χ3v) is 2.41. The molecule has 0 unspecified atom stereocenters. The van der Waals surface area contributed by atoms with Crippen LogP contribution in [0.2, 0.25) is 5.02 Å². The van der Waals surface area contributed by atoms with Crippen molar-refractivity contribution < 1.29 is 14.5 Å². The number of nitro groups is 1. The number of nitrogens with one attached hydrogen (secondary N) is 3. The van der Waals surface area contributed by atoms with Crippen LogP contribution in [0.5, 0.6) is 0 Å². The standard InChI is InChI=1S/C9H9ClN4O4S/c1-18-9(15)13-12-8(19)11-7-4-5(14(16)17)2-3-6(7)10/h2-4H,1H3,(H,13,15)(H2,11,12,19). The molecule has 0 aromatic heterocycles. The maximum absolute atomic E-state index is 10.8. The van der Waals surface area contributed by atoms with Crippen molar-refractivity contribution in [2.24, 2.45) is 0 Å². The van der Waals surface area contributed by atoms with Crippen molar-refractivity contribution in [3.8, 4) is 0 Å². The number of rotatable bonds is 2. The van der Waals surface area contributed by atoms with E-state index in [4.69, 9.17) is 23.8 Å². The van der Waals surface area contributed by atoms with Crippen molar-refractivity contribution in [1.29, 1.82) is 0 Å². The number of anilines is 1. The van der Waals surface area contributed by atoms with Gasteiger partial charge in [0.15, 0.2) is 5.11 Å². The number of non-ortho nitro benzene ring substituents is 1. The minimum Gasteiger partial charge on any atom is -0.452 e. The fourth-order valence-corrected chi connectivity index (χ4v) is 1.36. The van der Waals surface area contributed by atoms with Gasteiger partial charge in [-0.15, -0.1) is 0 Å². The molecule has 0 atom stereocenters. The fourth-order valence-electron chi connectivity index (χ4n) is 1.04. The van der Waals surface area contributed by atoms with Gasteiger partial charge < -0.3 is 10.1 Å². The largest absolute Gasteiger partial charge is 0.452 e. The van der Waals surface area contributed by atoms with E-state index in [1.54, 1.807) is 0 Å². The Morgan fingerprint density at radius 2 is 2.16 bits per heavy atom. The van der Waals surface area contributed by atoms with Crippen LogP contribution in [0.3, 0.4) is 0 Å². The van der Waals surface area contributed by atoms with Gasteiger partial charge >= 0.3 is 6.09 Å². The molecule has 0 aliphatic heterocycles. The summed E-state index contributed by atoms with van der Waals surface area (Å²) in [6.07, 6.45) is -0.741. The van der Waals surface area contributed by atoms with Crippen LogP contribution in [-0.2, 0) is 4.74 Å². The number of benzene rings is 1. The molecule has 0 aliphatic carbocycles. The van der Waals surface area contributed by atoms with Crippen LogP contribution in [0.25, 0.3) is 0 Å². The van der Waals surface area contributed by atoms with Crippen molar-refractivity contribution in [1.82, 2.24) is 10.9 Å². The van der Waals surface area contributed by atoms with Gasteiger partial charge in [-0.2, -0.15) is 0 Å². The summed E-state index contributed by atoms with van der Waals surface area (Å²) >= 11 is 10.7. The molecule has 0 bridgehead atoms. The normalized spacial score (nSPS) is 9.37. The highest BCUT2D eigenvalue weighted by molar-refractivity contribution is 7.80. The molecule has 1 aromatic rings. The van der Waals surface area contributed by atoms with Gasteiger partial charge in [-0.05, 0) is 18.3 Å². The van der Waals surface area contributed by atoms with Crippen LogP contribution in [0.1, 0.15) is 0 Å². The van der Waals surface area contributed by atoms with E-state index in [9.17, 15) is 14.9 Å². The van der Waals surface area contributed by atoms with Crippen LogP contribution < -0.4 is 16.2 Å². The van der Waals surface area contributed by atoms with Gasteiger partial charge in [0.2, 0.25) is 0 Å². The minimum atomic E-state index is -0.741. The number of thiocarbonyl (C=S) groups is 1. The summed E-state index contributed by atoms with van der Waals surface area (Å²) in [5.74, 6) is 0. The van der Waals surface area contributed by atoms with Gasteiger partial charge in [-0.25, -0.2) is 10.2 Å². The molecular weight excluding hydrogens is 296 g/mol. The molecular formula is C9H9ClN4O4S. The number of ether oxygens (including phenoxy) is 1. The molecule has 102 valence electrons. The highest BCUT2D eigenvalue weighted by Gasteiger charge is 2.11. The lowest BCUT2D eigenvalue weighted by atomic mass is 10.3. The first-order chi connectivity index (χ1) is 8.93. The molecule has 0 spiro atoms. The van der Waals surface area contributed by atoms with Crippen LogP contribution in [0.4, 0.5) is 16.2 Å². The van der Waals surface area contributed by atoms with Gasteiger partial charge in [-0.1, -0.05) is 11.6 Å². The monoisotopic (exact) mass is 304 g/mol. The van der Waals surface area contributed by atoms with Crippen LogP contribution in [-0.4, -0.2) is 23.2 Å². The van der Waals surface area contributed by atoms with E-state index in [0.29, 0.717) is 0 Å². The first-order valence-electron chi connectivity index (χ1n) is 4.79. The maximum atomic E-state index is 10.8. The van der Waals surface area contributed by atoms with Crippen molar-refractivity contribution in [3.05, 3.63) is 33.3 Å². The van der Waals surface area contributed by atoms with Gasteiger partial charge in [0.25, 0.3) is 5.69 Å². The summed E-state index contributed by atoms with van der Waals surface area (Å²) in [5, 5.41) is 13.5. The number of hydrogen-bond acceptors (Lipinski definition) is 5. The topological polar surface area (TPSA) is 106 Å². The molecule has 10 heteroatoms. The lowest BCUT2D eigenvalue weighted by Crippen LogP contribution is -2.43. The molecule has 19 heavy (non-hydrogen) atoms. The lowest BCUT2D eigenvalue weighted by Gasteiger charge is -2.11. The Labute approximate surface area is 118 Å². The van der Waals surface area contributed by atoms with E-state index in [1.807, 2.05) is 0 Å². The number of hydrogen-bond donors (Lipinski definition) is 3. The predicted molar refractivity (Wildman–Crippen MR) is 73.0 cm³/mol. The summed E-state index contributed by atoms with van der Waals surface area (Å²) in [6.45, 7) is 0. The third-order valence-electron chi connectivity index (χ3n) is 1.87. The predicted octanol–water partition coefficient (Wildman–Crippen LogP) is 1.81. The van der Waals surface area contributed by atoms with Crippen molar-refractivity contribution in [2.75, 3.05) is 12.4 Å². The van der Waals surface area contributed by atoms with Crippen LogP contribution >= 0.6 is 23.8 Å². The molecule has 0 saturated carbocycles. The summed E-state index contributed by atoms with van der Waals surface area (Å²) in [4.78, 5) is 20.8. The maximum Gasteiger partial charge on any atom is 0.425 e. The molecule has 0 aliphatic rings. The third kappa shape index (κ3) is 4.56. The van der Waals surface area contributed by atoms with E-state index < -0.39 is 11.0 Å². The highest BCUT2D eigenvalue weighted by atomic mass is 35.5. The average molecular weight is 305 g/mol. The second kappa shape index (κ2) is 6.71. The number of methoxy groups -OCH3 is 1. The number of nitrogens with zero attached hydrogens (tertiary/aromatic N) is 1. The molecule has 3 N–H and O–H groups in total. The Morgan fingerprint density at radius 1 is 1.47 bits per heavy atom. The molecule has 0 radical (unpaired) electrons. The second-order valence-corrected chi connectivity index (χ2v) is 3.93. The molecule has 0 saturated heterocycles. The summed E-state index contributed by atoms with van der Waals surface area (Å²) in [7, 11) is 1.19. The number of carbonyl (C=O) groups excluding carboxylic acids is 1. The van der Waals surface area contributed by atoms with E-state index in [-0.39, 0.29) is 21.5 Å². The van der Waals surface area contributed by atoms with E-state index in [1.165, 1.54) is 25.3 Å². The van der Waals surface area contributed by atoms with Crippen molar-refractivity contribution in [3.63, 3.8) is 0 Å². The van der Waals surface area contributed by atoms with E-state index in [2.05, 4.69) is 20.9 Å². The minimum absolute atomic E-state index is 0.00667. The Morgan fingerprint density at radius 3 is 2.74 bits per heavy atom. The Bertz CT molecular complexity index is 525. The number of hydrazine groups is 1. The van der Waals surface area contributed by atoms with Gasteiger partial charge in [-0.3, -0.25) is 15.5 Å². The van der Waals surface area contributed by atoms with E-state index in [0.717, 1.165) is 0 Å². The Hall–Kier alpha value is -2.13. The number of carbonyl (C=O) groups is 1. The first kappa shape index (κ1) is 14.9. The zero-order chi connectivity index (χ0) is 14.4. The lowest BCUT2D eigenvalue weighted by molar-refractivity contribution is -0.384. The van der Waals surface area contributed by atoms with Gasteiger partial charge in [0, 0.05) is 12.1 Å².